The van der Waals surface area contributed by atoms with Gasteiger partial charge in [-0.15, -0.1) is 11.8 Å². The fourth-order valence-corrected chi connectivity index (χ4v) is 5.02. The highest BCUT2D eigenvalue weighted by molar-refractivity contribution is 8.01. The molecule has 3 N–H and O–H groups in total. The molecule has 0 aromatic heterocycles. The van der Waals surface area contributed by atoms with Crippen molar-refractivity contribution < 1.29 is 9.59 Å². The summed E-state index contributed by atoms with van der Waals surface area (Å²) in [6.07, 6.45) is 5.78. The van der Waals surface area contributed by atoms with Crippen LogP contribution in [0.2, 0.25) is 0 Å². The average Bonchev–Trinajstić information content (AvgIpc) is 2.89. The number of nitrogens with one attached hydrogen (secondary N) is 1. The molecule has 0 aliphatic carbocycles. The summed E-state index contributed by atoms with van der Waals surface area (Å²) in [5, 5.41) is 0.154. The highest BCUT2D eigenvalue weighted by Crippen LogP contribution is 2.42. The van der Waals surface area contributed by atoms with Crippen LogP contribution in [0.4, 0.5) is 0 Å². The molecule has 22 heavy (non-hydrogen) atoms. The Morgan fingerprint density at radius 3 is 2.86 bits per heavy atom. The van der Waals surface area contributed by atoms with Crippen LogP contribution in [-0.2, 0) is 9.59 Å². The predicted molar refractivity (Wildman–Crippen MR) is 89.0 cm³/mol. The third-order valence-electron chi connectivity index (χ3n) is 4.87. The van der Waals surface area contributed by atoms with Crippen LogP contribution in [-0.4, -0.2) is 57.9 Å². The molecule has 2 atom stereocenters. The Bertz CT molecular complexity index is 420. The van der Waals surface area contributed by atoms with Gasteiger partial charge in [0.05, 0.1) is 17.7 Å². The number of carbonyl (C=O) groups is 2. The van der Waals surface area contributed by atoms with Gasteiger partial charge in [-0.3, -0.25) is 19.9 Å². The third kappa shape index (κ3) is 3.58. The molecule has 2 heterocycles. The molecule has 2 fully saturated rings. The van der Waals surface area contributed by atoms with E-state index in [0.717, 1.165) is 19.4 Å². The van der Waals surface area contributed by atoms with E-state index in [1.165, 1.54) is 19.3 Å². The predicted octanol–water partition coefficient (Wildman–Crippen LogP) is 0.923. The van der Waals surface area contributed by atoms with Crippen molar-refractivity contribution in [3.63, 3.8) is 0 Å². The molecule has 2 rings (SSSR count). The maximum atomic E-state index is 12.0. The smallest absolute Gasteiger partial charge is 0.248 e. The average molecular weight is 328 g/mol. The number of carbonyl (C=O) groups excluding carboxylic acids is 2. The van der Waals surface area contributed by atoms with E-state index in [-0.39, 0.29) is 22.7 Å². The second kappa shape index (κ2) is 7.66. The summed E-state index contributed by atoms with van der Waals surface area (Å²) in [6, 6.07) is 0. The first kappa shape index (κ1) is 17.6. The first-order valence-electron chi connectivity index (χ1n) is 8.18. The minimum atomic E-state index is -0.164. The number of hydrogen-bond acceptors (Lipinski definition) is 5. The Kier molecular flexibility index (Phi) is 6.11. The molecule has 0 saturated carbocycles. The van der Waals surface area contributed by atoms with E-state index >= 15 is 0 Å². The fraction of sp³-hybridized carbons (Fsp3) is 0.867. The lowest BCUT2D eigenvalue weighted by Crippen LogP contribution is -2.66. The summed E-state index contributed by atoms with van der Waals surface area (Å²) in [4.78, 5) is 28.0. The number of hydrazine groups is 1. The van der Waals surface area contributed by atoms with Crippen LogP contribution in [0, 0.1) is 0 Å². The number of nitrogens with two attached hydrogens (primary N) is 1. The highest BCUT2D eigenvalue weighted by atomic mass is 32.2. The lowest BCUT2D eigenvalue weighted by atomic mass is 9.88. The molecule has 0 spiro atoms. The van der Waals surface area contributed by atoms with Crippen LogP contribution in [0.15, 0.2) is 0 Å². The Labute approximate surface area is 137 Å². The lowest BCUT2D eigenvalue weighted by molar-refractivity contribution is -0.136. The van der Waals surface area contributed by atoms with Gasteiger partial charge in [-0.1, -0.05) is 32.6 Å². The number of piperazine rings is 1. The highest BCUT2D eigenvalue weighted by Gasteiger charge is 2.50. The maximum Gasteiger partial charge on any atom is 0.248 e. The molecule has 0 bridgehead atoms. The molecule has 0 radical (unpaired) electrons. The first-order valence-corrected chi connectivity index (χ1v) is 9.23. The zero-order valence-corrected chi connectivity index (χ0v) is 14.5. The van der Waals surface area contributed by atoms with E-state index in [1.54, 1.807) is 11.8 Å². The number of amides is 2. The zero-order chi connectivity index (χ0) is 16.2. The van der Waals surface area contributed by atoms with Gasteiger partial charge in [0.1, 0.15) is 0 Å². The molecule has 0 unspecified atom stereocenters. The van der Waals surface area contributed by atoms with E-state index in [0.29, 0.717) is 18.8 Å². The van der Waals surface area contributed by atoms with Gasteiger partial charge in [0.2, 0.25) is 11.8 Å². The Balaban J connectivity index is 2.10. The van der Waals surface area contributed by atoms with Gasteiger partial charge in [0, 0.05) is 18.6 Å². The first-order chi connectivity index (χ1) is 10.5. The van der Waals surface area contributed by atoms with Gasteiger partial charge in [-0.2, -0.15) is 0 Å². The minimum Gasteiger partial charge on any atom is -0.327 e. The van der Waals surface area contributed by atoms with Crippen molar-refractivity contribution in [2.45, 2.75) is 56.9 Å². The van der Waals surface area contributed by atoms with Crippen LogP contribution in [0.5, 0.6) is 0 Å². The summed E-state index contributed by atoms with van der Waals surface area (Å²) in [5.41, 5.74) is 2.07. The molecule has 2 aliphatic rings. The zero-order valence-electron chi connectivity index (χ0n) is 13.6. The number of fused-ring (bicyclic) bond motifs is 1. The molecular weight excluding hydrogens is 300 g/mol. The molecular formula is C15H28N4O2S. The van der Waals surface area contributed by atoms with Gasteiger partial charge in [-0.05, 0) is 13.3 Å². The van der Waals surface area contributed by atoms with E-state index in [9.17, 15) is 9.59 Å². The summed E-state index contributed by atoms with van der Waals surface area (Å²) in [5.74, 6) is 5.88. The quantitative estimate of drug-likeness (QED) is 0.314. The molecule has 0 aromatic rings. The van der Waals surface area contributed by atoms with Gasteiger partial charge in [0.25, 0.3) is 0 Å². The summed E-state index contributed by atoms with van der Waals surface area (Å²) < 4.78 is 0. The van der Waals surface area contributed by atoms with Gasteiger partial charge in [0.15, 0.2) is 0 Å². The molecule has 7 heteroatoms. The normalized spacial score (nSPS) is 28.8. The van der Waals surface area contributed by atoms with E-state index < -0.39 is 0 Å². The van der Waals surface area contributed by atoms with E-state index in [1.807, 2.05) is 4.90 Å². The molecule has 2 aliphatic heterocycles. The molecule has 126 valence electrons. The lowest BCUT2D eigenvalue weighted by Gasteiger charge is -2.52. The van der Waals surface area contributed by atoms with Crippen molar-refractivity contribution in [2.75, 3.05) is 25.4 Å². The van der Waals surface area contributed by atoms with Crippen molar-refractivity contribution in [1.82, 2.24) is 15.2 Å². The minimum absolute atomic E-state index is 0.154. The third-order valence-corrected chi connectivity index (χ3v) is 6.36. The number of unbranched alkanes of at least 4 members (excludes halogenated alkanes) is 3. The van der Waals surface area contributed by atoms with Crippen LogP contribution >= 0.6 is 11.8 Å². The Morgan fingerprint density at radius 2 is 2.18 bits per heavy atom. The number of nitrogens with zero attached hydrogens (tertiary/aromatic N) is 2. The fourth-order valence-electron chi connectivity index (χ4n) is 3.52. The van der Waals surface area contributed by atoms with Crippen molar-refractivity contribution in [3.8, 4) is 0 Å². The Morgan fingerprint density at radius 1 is 1.41 bits per heavy atom. The van der Waals surface area contributed by atoms with Crippen molar-refractivity contribution >= 4 is 23.6 Å². The van der Waals surface area contributed by atoms with Crippen LogP contribution in [0.3, 0.4) is 0 Å². The van der Waals surface area contributed by atoms with Crippen molar-refractivity contribution in [2.24, 2.45) is 5.84 Å². The summed E-state index contributed by atoms with van der Waals surface area (Å²) in [6.45, 7) is 6.15. The van der Waals surface area contributed by atoms with Crippen LogP contribution in [0.25, 0.3) is 0 Å². The Hall–Kier alpha value is -0.790. The standard InChI is InChI=1S/C15H28N4O2S/c1-3-4-5-6-7-15(2)14-19(13(21)11-22-14)9-8-18(15)10-12(20)17-16/h14H,3-11,16H2,1-2H3,(H,17,20)/t14-,15+/m0/s1. The van der Waals surface area contributed by atoms with E-state index in [4.69, 9.17) is 5.84 Å². The number of hydrogen-bond donors (Lipinski definition) is 2. The topological polar surface area (TPSA) is 78.7 Å². The molecule has 0 aromatic carbocycles. The number of rotatable bonds is 7. The second-order valence-electron chi connectivity index (χ2n) is 6.41. The molecule has 2 amide bonds. The van der Waals surface area contributed by atoms with Gasteiger partial charge < -0.3 is 4.90 Å². The second-order valence-corrected chi connectivity index (χ2v) is 7.48. The van der Waals surface area contributed by atoms with Crippen molar-refractivity contribution in [1.29, 1.82) is 0 Å². The van der Waals surface area contributed by atoms with Crippen molar-refractivity contribution in [3.05, 3.63) is 0 Å². The van der Waals surface area contributed by atoms with Crippen LogP contribution < -0.4 is 11.3 Å². The number of thioether (sulfide) groups is 1. The van der Waals surface area contributed by atoms with Gasteiger partial charge in [-0.25, -0.2) is 5.84 Å². The monoisotopic (exact) mass is 328 g/mol. The summed E-state index contributed by atoms with van der Waals surface area (Å²) in [7, 11) is 0. The SMILES string of the molecule is CCCCCC[C@]1(C)[C@@H]2SCC(=O)N2CCN1CC(=O)NN. The largest absolute Gasteiger partial charge is 0.327 e. The van der Waals surface area contributed by atoms with Gasteiger partial charge >= 0.3 is 0 Å². The molecule has 6 nitrogen and oxygen atoms in total. The van der Waals surface area contributed by atoms with Crippen LogP contribution in [0.1, 0.15) is 46.0 Å². The molecule has 2 saturated heterocycles. The maximum absolute atomic E-state index is 12.0. The summed E-state index contributed by atoms with van der Waals surface area (Å²) >= 11 is 1.72. The van der Waals surface area contributed by atoms with E-state index in [2.05, 4.69) is 24.2 Å².